The molecule has 19 heavy (non-hydrogen) atoms. The average Bonchev–Trinajstić information content (AvgIpc) is 3.04. The van der Waals surface area contributed by atoms with Crippen molar-refractivity contribution in [3.63, 3.8) is 0 Å². The summed E-state index contributed by atoms with van der Waals surface area (Å²) in [6.45, 7) is 11.5. The SMILES string of the molecule is CCc1nc2c(n1CC1CCN(CC)C1)CCNC2. The van der Waals surface area contributed by atoms with Gasteiger partial charge in [-0.15, -0.1) is 0 Å². The van der Waals surface area contributed by atoms with Crippen molar-refractivity contribution < 1.29 is 0 Å². The minimum Gasteiger partial charge on any atom is -0.331 e. The molecule has 0 radical (unpaired) electrons. The third-order valence-electron chi connectivity index (χ3n) is 4.64. The van der Waals surface area contributed by atoms with Gasteiger partial charge in [0.1, 0.15) is 5.82 Å². The first kappa shape index (κ1) is 13.1. The van der Waals surface area contributed by atoms with E-state index in [1.165, 1.54) is 49.8 Å². The van der Waals surface area contributed by atoms with Crippen LogP contribution in [0.1, 0.15) is 37.5 Å². The summed E-state index contributed by atoms with van der Waals surface area (Å²) in [5.41, 5.74) is 2.80. The van der Waals surface area contributed by atoms with Crippen molar-refractivity contribution in [2.24, 2.45) is 5.92 Å². The lowest BCUT2D eigenvalue weighted by molar-refractivity contribution is 0.330. The smallest absolute Gasteiger partial charge is 0.108 e. The number of imidazole rings is 1. The van der Waals surface area contributed by atoms with Gasteiger partial charge in [0.2, 0.25) is 0 Å². The van der Waals surface area contributed by atoms with E-state index in [2.05, 4.69) is 28.6 Å². The van der Waals surface area contributed by atoms with Crippen LogP contribution in [0.4, 0.5) is 0 Å². The standard InChI is InChI=1S/C15H26N4/c1-3-15-17-13-9-16-7-5-14(13)19(15)11-12-6-8-18(4-2)10-12/h12,16H,3-11H2,1-2H3. The van der Waals surface area contributed by atoms with Gasteiger partial charge in [-0.3, -0.25) is 0 Å². The number of nitrogens with one attached hydrogen (secondary N) is 1. The number of hydrogen-bond acceptors (Lipinski definition) is 3. The number of aromatic nitrogens is 2. The van der Waals surface area contributed by atoms with Crippen LogP contribution in [-0.2, 0) is 25.9 Å². The van der Waals surface area contributed by atoms with E-state index in [4.69, 9.17) is 4.98 Å². The maximum atomic E-state index is 4.84. The van der Waals surface area contributed by atoms with E-state index < -0.39 is 0 Å². The molecule has 0 aliphatic carbocycles. The van der Waals surface area contributed by atoms with E-state index in [-0.39, 0.29) is 0 Å². The molecule has 0 spiro atoms. The van der Waals surface area contributed by atoms with Crippen LogP contribution in [0.25, 0.3) is 0 Å². The summed E-state index contributed by atoms with van der Waals surface area (Å²) in [6, 6.07) is 0. The van der Waals surface area contributed by atoms with Crippen molar-refractivity contribution >= 4 is 0 Å². The number of nitrogens with zero attached hydrogens (tertiary/aromatic N) is 3. The van der Waals surface area contributed by atoms with E-state index in [0.717, 1.165) is 31.8 Å². The maximum Gasteiger partial charge on any atom is 0.108 e. The number of rotatable bonds is 4. The van der Waals surface area contributed by atoms with Gasteiger partial charge in [-0.1, -0.05) is 13.8 Å². The van der Waals surface area contributed by atoms with Crippen LogP contribution in [-0.4, -0.2) is 40.6 Å². The van der Waals surface area contributed by atoms with Crippen LogP contribution in [0.5, 0.6) is 0 Å². The molecule has 106 valence electrons. The summed E-state index contributed by atoms with van der Waals surface area (Å²) in [7, 11) is 0. The molecule has 4 heteroatoms. The molecule has 1 aromatic rings. The average molecular weight is 262 g/mol. The van der Waals surface area contributed by atoms with Crippen LogP contribution in [0.3, 0.4) is 0 Å². The van der Waals surface area contributed by atoms with Crippen molar-refractivity contribution in [1.29, 1.82) is 0 Å². The second-order valence-corrected chi connectivity index (χ2v) is 5.86. The molecular weight excluding hydrogens is 236 g/mol. The van der Waals surface area contributed by atoms with Gasteiger partial charge in [0.25, 0.3) is 0 Å². The van der Waals surface area contributed by atoms with Crippen LogP contribution in [0, 0.1) is 5.92 Å². The summed E-state index contributed by atoms with van der Waals surface area (Å²) in [4.78, 5) is 7.41. The first-order valence-electron chi connectivity index (χ1n) is 7.82. The molecule has 1 aromatic heterocycles. The Morgan fingerprint density at radius 2 is 2.26 bits per heavy atom. The number of hydrogen-bond donors (Lipinski definition) is 1. The molecule has 2 aliphatic rings. The third-order valence-corrected chi connectivity index (χ3v) is 4.64. The lowest BCUT2D eigenvalue weighted by Gasteiger charge is -2.19. The number of likely N-dealkylation sites (tertiary alicyclic amines) is 1. The number of aryl methyl sites for hydroxylation is 1. The Balaban J connectivity index is 1.78. The second-order valence-electron chi connectivity index (χ2n) is 5.86. The zero-order valence-electron chi connectivity index (χ0n) is 12.3. The van der Waals surface area contributed by atoms with E-state index in [9.17, 15) is 0 Å². The first-order valence-corrected chi connectivity index (χ1v) is 7.82. The monoisotopic (exact) mass is 262 g/mol. The molecule has 1 saturated heterocycles. The summed E-state index contributed by atoms with van der Waals surface area (Å²) in [5, 5.41) is 3.43. The highest BCUT2D eigenvalue weighted by Crippen LogP contribution is 2.23. The highest BCUT2D eigenvalue weighted by molar-refractivity contribution is 5.20. The van der Waals surface area contributed by atoms with Crippen LogP contribution in [0.15, 0.2) is 0 Å². The molecule has 3 heterocycles. The van der Waals surface area contributed by atoms with Gasteiger partial charge in [-0.2, -0.15) is 0 Å². The van der Waals surface area contributed by atoms with Gasteiger partial charge < -0.3 is 14.8 Å². The zero-order chi connectivity index (χ0) is 13.2. The molecule has 1 atom stereocenters. The van der Waals surface area contributed by atoms with Gasteiger partial charge >= 0.3 is 0 Å². The van der Waals surface area contributed by atoms with Gasteiger partial charge in [0.05, 0.1) is 5.69 Å². The fraction of sp³-hybridized carbons (Fsp3) is 0.800. The van der Waals surface area contributed by atoms with Gasteiger partial charge in [-0.05, 0) is 25.4 Å². The van der Waals surface area contributed by atoms with E-state index >= 15 is 0 Å². The summed E-state index contributed by atoms with van der Waals surface area (Å²) in [6.07, 6.45) is 3.55. The molecule has 2 aliphatic heterocycles. The van der Waals surface area contributed by atoms with Crippen molar-refractivity contribution in [1.82, 2.24) is 19.8 Å². The lowest BCUT2D eigenvalue weighted by atomic mass is 10.1. The molecule has 0 aromatic carbocycles. The minimum absolute atomic E-state index is 0.818. The van der Waals surface area contributed by atoms with Gasteiger partial charge in [0.15, 0.2) is 0 Å². The number of fused-ring (bicyclic) bond motifs is 1. The Morgan fingerprint density at radius 1 is 1.37 bits per heavy atom. The molecule has 4 nitrogen and oxygen atoms in total. The lowest BCUT2D eigenvalue weighted by Crippen LogP contribution is -2.26. The predicted molar refractivity (Wildman–Crippen MR) is 77.2 cm³/mol. The highest BCUT2D eigenvalue weighted by atomic mass is 15.2. The van der Waals surface area contributed by atoms with Gasteiger partial charge in [0, 0.05) is 44.7 Å². The molecule has 1 N–H and O–H groups in total. The normalized spacial score (nSPS) is 23.8. The maximum absolute atomic E-state index is 4.84. The van der Waals surface area contributed by atoms with Crippen molar-refractivity contribution in [2.45, 2.75) is 46.2 Å². The van der Waals surface area contributed by atoms with Gasteiger partial charge in [-0.25, -0.2) is 4.98 Å². The topological polar surface area (TPSA) is 33.1 Å². The largest absolute Gasteiger partial charge is 0.331 e. The van der Waals surface area contributed by atoms with E-state index in [1.54, 1.807) is 0 Å². The molecular formula is C15H26N4. The third kappa shape index (κ3) is 2.56. The molecule has 0 saturated carbocycles. The van der Waals surface area contributed by atoms with Crippen LogP contribution < -0.4 is 5.32 Å². The molecule has 1 fully saturated rings. The Labute approximate surface area is 116 Å². The second kappa shape index (κ2) is 5.63. The summed E-state index contributed by atoms with van der Waals surface area (Å²) < 4.78 is 2.54. The first-order chi connectivity index (χ1) is 9.31. The minimum atomic E-state index is 0.818. The van der Waals surface area contributed by atoms with Crippen molar-refractivity contribution in [2.75, 3.05) is 26.2 Å². The van der Waals surface area contributed by atoms with Crippen LogP contribution in [0.2, 0.25) is 0 Å². The fourth-order valence-corrected chi connectivity index (χ4v) is 3.52. The van der Waals surface area contributed by atoms with E-state index in [1.807, 2.05) is 0 Å². The highest BCUT2D eigenvalue weighted by Gasteiger charge is 2.25. The Morgan fingerprint density at radius 3 is 3.00 bits per heavy atom. The summed E-state index contributed by atoms with van der Waals surface area (Å²) >= 11 is 0. The Bertz CT molecular complexity index is 438. The molecule has 0 amide bonds. The van der Waals surface area contributed by atoms with Crippen LogP contribution >= 0.6 is 0 Å². The molecule has 0 bridgehead atoms. The van der Waals surface area contributed by atoms with E-state index in [0.29, 0.717) is 0 Å². The Kier molecular flexibility index (Phi) is 3.89. The quantitative estimate of drug-likeness (QED) is 0.891. The molecule has 3 rings (SSSR count). The predicted octanol–water partition coefficient (Wildman–Crippen LogP) is 1.43. The van der Waals surface area contributed by atoms with Crippen molar-refractivity contribution in [3.8, 4) is 0 Å². The zero-order valence-corrected chi connectivity index (χ0v) is 12.3. The fourth-order valence-electron chi connectivity index (χ4n) is 3.52. The molecule has 1 unspecified atom stereocenters. The summed E-state index contributed by atoms with van der Waals surface area (Å²) in [5.74, 6) is 2.11. The van der Waals surface area contributed by atoms with Crippen molar-refractivity contribution in [3.05, 3.63) is 17.2 Å². The Hall–Kier alpha value is -0.870.